The van der Waals surface area contributed by atoms with Gasteiger partial charge in [0.1, 0.15) is 0 Å². The van der Waals surface area contributed by atoms with E-state index in [9.17, 15) is 9.59 Å². The molecule has 2 unspecified atom stereocenters. The minimum absolute atomic E-state index is 0.0597. The molecule has 5 heteroatoms. The van der Waals surface area contributed by atoms with Crippen LogP contribution in [0.2, 0.25) is 0 Å². The number of nitrogens with zero attached hydrogens (tertiary/aromatic N) is 2. The van der Waals surface area contributed by atoms with E-state index in [0.29, 0.717) is 24.5 Å². The standard InChI is InChI=1S/C13H20N2O3/c16-12(17)5-6-14(10-3-4-10)13(18)15-8-9-1-2-11(15)7-9/h9-11H,1-8H2,(H,16,17). The van der Waals surface area contributed by atoms with Crippen LogP contribution in [0.5, 0.6) is 0 Å². The van der Waals surface area contributed by atoms with Gasteiger partial charge < -0.3 is 14.9 Å². The van der Waals surface area contributed by atoms with Crippen molar-refractivity contribution in [3.63, 3.8) is 0 Å². The Labute approximate surface area is 107 Å². The highest BCUT2D eigenvalue weighted by Gasteiger charge is 2.44. The molecule has 2 atom stereocenters. The molecular formula is C13H20N2O3. The third-order valence-electron chi connectivity index (χ3n) is 4.45. The number of urea groups is 1. The SMILES string of the molecule is O=C(O)CCN(C(=O)N1CC2CCC1C2)C1CC1. The average molecular weight is 252 g/mol. The lowest BCUT2D eigenvalue weighted by atomic mass is 10.1. The van der Waals surface area contributed by atoms with Crippen molar-refractivity contribution in [2.45, 2.75) is 50.6 Å². The lowest BCUT2D eigenvalue weighted by Crippen LogP contribution is -2.48. The summed E-state index contributed by atoms with van der Waals surface area (Å²) >= 11 is 0. The number of hydrogen-bond acceptors (Lipinski definition) is 2. The first-order valence-corrected chi connectivity index (χ1v) is 6.94. The van der Waals surface area contributed by atoms with Crippen molar-refractivity contribution in [3.05, 3.63) is 0 Å². The smallest absolute Gasteiger partial charge is 0.320 e. The Morgan fingerprint density at radius 3 is 2.50 bits per heavy atom. The van der Waals surface area contributed by atoms with Gasteiger partial charge in [-0.2, -0.15) is 0 Å². The first kappa shape index (κ1) is 11.8. The highest BCUT2D eigenvalue weighted by Crippen LogP contribution is 2.39. The number of likely N-dealkylation sites (tertiary alicyclic amines) is 1. The van der Waals surface area contributed by atoms with Crippen LogP contribution in [0.15, 0.2) is 0 Å². The van der Waals surface area contributed by atoms with Gasteiger partial charge >= 0.3 is 12.0 Å². The molecule has 3 rings (SSSR count). The Hall–Kier alpha value is -1.26. The van der Waals surface area contributed by atoms with Crippen LogP contribution in [0.3, 0.4) is 0 Å². The minimum Gasteiger partial charge on any atom is -0.481 e. The van der Waals surface area contributed by atoms with Gasteiger partial charge in [-0.15, -0.1) is 0 Å². The molecule has 1 heterocycles. The summed E-state index contributed by atoms with van der Waals surface area (Å²) in [7, 11) is 0. The van der Waals surface area contributed by atoms with Crippen LogP contribution < -0.4 is 0 Å². The fraction of sp³-hybridized carbons (Fsp3) is 0.846. The van der Waals surface area contributed by atoms with Crippen LogP contribution in [0.4, 0.5) is 4.79 Å². The van der Waals surface area contributed by atoms with Crippen molar-refractivity contribution in [1.82, 2.24) is 9.80 Å². The Bertz CT molecular complexity index is 367. The second-order valence-electron chi connectivity index (χ2n) is 5.84. The summed E-state index contributed by atoms with van der Waals surface area (Å²) in [6, 6.07) is 0.815. The molecule has 5 nitrogen and oxygen atoms in total. The Morgan fingerprint density at radius 2 is 2.00 bits per heavy atom. The number of carboxylic acids is 1. The van der Waals surface area contributed by atoms with E-state index in [1.165, 1.54) is 6.42 Å². The zero-order valence-corrected chi connectivity index (χ0v) is 10.5. The molecule has 0 aromatic heterocycles. The van der Waals surface area contributed by atoms with Gasteiger partial charge in [-0.1, -0.05) is 0 Å². The molecule has 100 valence electrons. The second kappa shape index (κ2) is 4.44. The van der Waals surface area contributed by atoms with Crippen molar-refractivity contribution in [3.8, 4) is 0 Å². The average Bonchev–Trinajstić information content (AvgIpc) is 2.95. The number of hydrogen-bond donors (Lipinski definition) is 1. The monoisotopic (exact) mass is 252 g/mol. The molecule has 3 aliphatic rings. The molecule has 0 aromatic carbocycles. The summed E-state index contributed by atoms with van der Waals surface area (Å²) < 4.78 is 0. The van der Waals surface area contributed by atoms with Crippen LogP contribution in [-0.2, 0) is 4.79 Å². The number of aliphatic carboxylic acids is 1. The van der Waals surface area contributed by atoms with Gasteiger partial charge in [0.2, 0.25) is 0 Å². The predicted molar refractivity (Wildman–Crippen MR) is 65.2 cm³/mol. The lowest BCUT2D eigenvalue weighted by molar-refractivity contribution is -0.137. The Balaban J connectivity index is 1.63. The highest BCUT2D eigenvalue weighted by atomic mass is 16.4. The molecule has 18 heavy (non-hydrogen) atoms. The maximum atomic E-state index is 12.5. The van der Waals surface area contributed by atoms with Crippen LogP contribution in [0, 0.1) is 5.92 Å². The maximum Gasteiger partial charge on any atom is 0.320 e. The Kier molecular flexibility index (Phi) is 2.92. The number of carbonyl (C=O) groups is 2. The molecule has 2 saturated carbocycles. The van der Waals surface area contributed by atoms with Gasteiger partial charge in [-0.25, -0.2) is 4.79 Å². The number of carbonyl (C=O) groups excluding carboxylic acids is 1. The van der Waals surface area contributed by atoms with E-state index < -0.39 is 5.97 Å². The highest BCUT2D eigenvalue weighted by molar-refractivity contribution is 5.77. The number of amides is 2. The lowest BCUT2D eigenvalue weighted by Gasteiger charge is -2.33. The van der Waals surface area contributed by atoms with Crippen LogP contribution in [0.25, 0.3) is 0 Å². The zero-order valence-electron chi connectivity index (χ0n) is 10.5. The number of rotatable bonds is 4. The largest absolute Gasteiger partial charge is 0.481 e. The van der Waals surface area contributed by atoms with E-state index in [-0.39, 0.29) is 12.5 Å². The molecular weight excluding hydrogens is 232 g/mol. The summed E-state index contributed by atoms with van der Waals surface area (Å²) in [6.07, 6.45) is 5.68. The normalized spacial score (nSPS) is 29.7. The quantitative estimate of drug-likeness (QED) is 0.825. The van der Waals surface area contributed by atoms with E-state index in [1.54, 1.807) is 4.90 Å². The minimum atomic E-state index is -0.823. The summed E-state index contributed by atoms with van der Waals surface area (Å²) in [5, 5.41) is 8.77. The first-order chi connectivity index (χ1) is 8.65. The summed E-state index contributed by atoms with van der Waals surface area (Å²) in [5.41, 5.74) is 0. The van der Waals surface area contributed by atoms with E-state index >= 15 is 0 Å². The van der Waals surface area contributed by atoms with Crippen molar-refractivity contribution in [2.24, 2.45) is 5.92 Å². The van der Waals surface area contributed by atoms with Gasteiger partial charge in [0.25, 0.3) is 0 Å². The number of piperidine rings is 1. The Morgan fingerprint density at radius 1 is 1.22 bits per heavy atom. The van der Waals surface area contributed by atoms with Gasteiger partial charge in [-0.05, 0) is 38.0 Å². The van der Waals surface area contributed by atoms with Crippen molar-refractivity contribution >= 4 is 12.0 Å². The molecule has 1 N–H and O–H groups in total. The van der Waals surface area contributed by atoms with Gasteiger partial charge in [0.05, 0.1) is 6.42 Å². The van der Waals surface area contributed by atoms with E-state index in [4.69, 9.17) is 5.11 Å². The fourth-order valence-corrected chi connectivity index (χ4v) is 3.36. The molecule has 2 aliphatic carbocycles. The summed E-state index contributed by atoms with van der Waals surface area (Å²) in [4.78, 5) is 26.9. The van der Waals surface area contributed by atoms with E-state index in [0.717, 1.165) is 32.2 Å². The molecule has 0 aromatic rings. The van der Waals surface area contributed by atoms with Crippen LogP contribution >= 0.6 is 0 Å². The molecule has 2 amide bonds. The molecule has 0 radical (unpaired) electrons. The number of fused-ring (bicyclic) bond motifs is 2. The first-order valence-electron chi connectivity index (χ1n) is 6.94. The van der Waals surface area contributed by atoms with E-state index in [2.05, 4.69) is 0 Å². The molecule has 3 fully saturated rings. The second-order valence-corrected chi connectivity index (χ2v) is 5.84. The topological polar surface area (TPSA) is 60.9 Å². The third kappa shape index (κ3) is 2.18. The molecule has 0 spiro atoms. The zero-order chi connectivity index (χ0) is 12.7. The number of carboxylic acid groups (broad SMARTS) is 1. The van der Waals surface area contributed by atoms with Crippen molar-refractivity contribution in [2.75, 3.05) is 13.1 Å². The molecule has 1 saturated heterocycles. The van der Waals surface area contributed by atoms with Crippen molar-refractivity contribution in [1.29, 1.82) is 0 Å². The van der Waals surface area contributed by atoms with Gasteiger partial charge in [0, 0.05) is 25.2 Å². The molecule has 1 aliphatic heterocycles. The maximum absolute atomic E-state index is 12.5. The predicted octanol–water partition coefficient (Wildman–Crippen LogP) is 1.53. The fourth-order valence-electron chi connectivity index (χ4n) is 3.36. The van der Waals surface area contributed by atoms with Crippen LogP contribution in [0.1, 0.15) is 38.5 Å². The van der Waals surface area contributed by atoms with Crippen LogP contribution in [-0.4, -0.2) is 52.1 Å². The third-order valence-corrected chi connectivity index (χ3v) is 4.45. The van der Waals surface area contributed by atoms with Gasteiger partial charge in [0.15, 0.2) is 0 Å². The van der Waals surface area contributed by atoms with Gasteiger partial charge in [-0.3, -0.25) is 4.79 Å². The van der Waals surface area contributed by atoms with E-state index in [1.807, 2.05) is 4.90 Å². The van der Waals surface area contributed by atoms with Crippen molar-refractivity contribution < 1.29 is 14.7 Å². The summed E-state index contributed by atoms with van der Waals surface area (Å²) in [5.74, 6) is -0.129. The summed E-state index contributed by atoms with van der Waals surface area (Å²) in [6.45, 7) is 1.26. The molecule has 2 bridgehead atoms.